The minimum absolute atomic E-state index is 0.0105. The molecule has 2 rings (SSSR count). The molecule has 7 amide bonds. The minimum Gasteiger partial charge on any atom is -0.394 e. The summed E-state index contributed by atoms with van der Waals surface area (Å²) in [6.07, 6.45) is 1.49. The molecule has 83 heavy (non-hydrogen) atoms. The van der Waals surface area contributed by atoms with Crippen LogP contribution in [0.25, 0.3) is 0 Å². The van der Waals surface area contributed by atoms with Crippen LogP contribution in [0.15, 0.2) is 30.3 Å². The molecule has 0 aromatic heterocycles. The predicted molar refractivity (Wildman–Crippen MR) is 312 cm³/mol. The van der Waals surface area contributed by atoms with Gasteiger partial charge < -0.3 is 76.1 Å². The zero-order chi connectivity index (χ0) is 62.0. The molecule has 0 aliphatic carbocycles. The highest BCUT2D eigenvalue weighted by Crippen LogP contribution is 2.21. The number of aliphatic hydroxyl groups excluding tert-OH is 2. The number of hydrogen-bond acceptors (Lipinski definition) is 18. The molecule has 0 bridgehead atoms. The van der Waals surface area contributed by atoms with E-state index < -0.39 is 169 Å². The summed E-state index contributed by atoms with van der Waals surface area (Å²) in [4.78, 5) is 154. The summed E-state index contributed by atoms with van der Waals surface area (Å²) in [7, 11) is 0. The average Bonchev–Trinajstić information content (AvgIpc) is 3.46. The van der Waals surface area contributed by atoms with Gasteiger partial charge in [-0.2, -0.15) is 0 Å². The van der Waals surface area contributed by atoms with Crippen molar-refractivity contribution in [2.75, 3.05) is 45.9 Å². The van der Waals surface area contributed by atoms with Crippen LogP contribution in [0, 0.1) is 29.6 Å². The van der Waals surface area contributed by atoms with E-state index in [-0.39, 0.29) is 89.9 Å². The number of aliphatic hydroxyl groups is 2. The van der Waals surface area contributed by atoms with Crippen LogP contribution in [0.1, 0.15) is 142 Å². The van der Waals surface area contributed by atoms with Crippen LogP contribution in [0.4, 0.5) is 0 Å². The first kappa shape index (κ1) is 73.0. The van der Waals surface area contributed by atoms with Gasteiger partial charge in [0.1, 0.15) is 30.0 Å². The third-order valence-electron chi connectivity index (χ3n) is 15.2. The van der Waals surface area contributed by atoms with Crippen LogP contribution < -0.4 is 65.9 Å². The van der Waals surface area contributed by atoms with Crippen LogP contribution in [0.5, 0.6) is 0 Å². The molecule has 0 spiro atoms. The highest BCUT2D eigenvalue weighted by atomic mass is 16.3. The van der Waals surface area contributed by atoms with Crippen LogP contribution in [-0.2, 0) is 59.2 Å². The number of benzene rings is 1. The molecule has 0 radical (unpaired) electrons. The minimum atomic E-state index is -1.62. The number of ketones is 4. The van der Waals surface area contributed by atoms with Gasteiger partial charge in [-0.15, -0.1) is 0 Å². The van der Waals surface area contributed by atoms with E-state index in [1.807, 2.05) is 0 Å². The van der Waals surface area contributed by atoms with Gasteiger partial charge in [-0.3, -0.25) is 52.7 Å². The first-order valence-electron chi connectivity index (χ1n) is 29.7. The van der Waals surface area contributed by atoms with Crippen molar-refractivity contribution in [1.82, 2.24) is 37.2 Å². The Morgan fingerprint density at radius 3 is 1.75 bits per heavy atom. The standard InChI is InChI=1S/C58H98N12O13/c1-5-7-8-9-13-16-42(73)30-38(17-23-59)52(77)68-46(34-71)49(76)32-39(18-24-60)53(78)67-45-22-28-64-57(82)51(36(4)72)70-54(79)40(19-25-61)31-47(74)44(21-27-63)66-58(83)50(35(3)6-2)69-55(80)41(29-37-14-11-10-12-15-37)33-48(75)43(20-26-62)65-56(45)81/h10-12,14-15,35-36,38-41,43-46,50-51,71-72H,5-9,13,16-34,59-63H2,1-4H3,(H,64,82)(H,65,81)(H,66,83)(H,67,78)(H,68,77)(H,69,80)(H,70,79)/t35-,36+,38+,39+,40+,41-,43-,44-,45-,46-,50-,51-/m0/s1. The number of nitrogens with one attached hydrogen (secondary N) is 7. The molecule has 25 nitrogen and oxygen atoms in total. The Labute approximate surface area is 488 Å². The third-order valence-corrected chi connectivity index (χ3v) is 15.2. The Bertz CT molecular complexity index is 2240. The fraction of sp³-hybridized carbons (Fsp3) is 0.707. The fourth-order valence-corrected chi connectivity index (χ4v) is 9.86. The Morgan fingerprint density at radius 1 is 0.639 bits per heavy atom. The van der Waals surface area contributed by atoms with Crippen molar-refractivity contribution in [2.24, 2.45) is 58.3 Å². The van der Waals surface area contributed by atoms with Crippen molar-refractivity contribution < 1.29 is 63.0 Å². The maximum atomic E-state index is 14.5. The van der Waals surface area contributed by atoms with Crippen LogP contribution in [0.2, 0.25) is 0 Å². The summed E-state index contributed by atoms with van der Waals surface area (Å²) in [6.45, 7) is 5.23. The first-order chi connectivity index (χ1) is 39.6. The van der Waals surface area contributed by atoms with Crippen LogP contribution in [0.3, 0.4) is 0 Å². The van der Waals surface area contributed by atoms with Gasteiger partial charge in [-0.05, 0) is 102 Å². The topological polar surface area (TPSA) is 443 Å². The summed E-state index contributed by atoms with van der Waals surface area (Å²) >= 11 is 0. The van der Waals surface area contributed by atoms with Crippen molar-refractivity contribution in [2.45, 2.75) is 186 Å². The first-order valence-corrected chi connectivity index (χ1v) is 29.7. The van der Waals surface area contributed by atoms with E-state index in [1.165, 1.54) is 6.92 Å². The van der Waals surface area contributed by atoms with Crippen molar-refractivity contribution >= 4 is 64.5 Å². The summed E-state index contributed by atoms with van der Waals surface area (Å²) < 4.78 is 0. The van der Waals surface area contributed by atoms with Crippen LogP contribution >= 0.6 is 0 Å². The smallest absolute Gasteiger partial charge is 0.245 e. The zero-order valence-electron chi connectivity index (χ0n) is 49.3. The second-order valence-electron chi connectivity index (χ2n) is 21.9. The van der Waals surface area contributed by atoms with Crippen molar-refractivity contribution in [3.05, 3.63) is 35.9 Å². The molecular weight excluding hydrogens is 1070 g/mol. The van der Waals surface area contributed by atoms with Gasteiger partial charge in [-0.1, -0.05) is 83.2 Å². The molecule has 1 heterocycles. The van der Waals surface area contributed by atoms with Gasteiger partial charge in [0.2, 0.25) is 41.4 Å². The maximum absolute atomic E-state index is 14.5. The molecule has 25 heteroatoms. The lowest BCUT2D eigenvalue weighted by atomic mass is 9.89. The lowest BCUT2D eigenvalue weighted by molar-refractivity contribution is -0.137. The van der Waals surface area contributed by atoms with Crippen molar-refractivity contribution in [3.63, 3.8) is 0 Å². The molecule has 1 aromatic rings. The summed E-state index contributed by atoms with van der Waals surface area (Å²) in [5.41, 5.74) is 30.2. The number of rotatable bonds is 31. The normalized spacial score (nSPS) is 23.0. The number of nitrogens with two attached hydrogens (primary N) is 5. The molecule has 12 atom stereocenters. The monoisotopic (exact) mass is 1170 g/mol. The molecule has 1 saturated heterocycles. The van der Waals surface area contributed by atoms with E-state index in [4.69, 9.17) is 28.7 Å². The average molecular weight is 1170 g/mol. The molecule has 468 valence electrons. The molecule has 0 saturated carbocycles. The number of carbonyl (C=O) groups is 11. The van der Waals surface area contributed by atoms with E-state index in [1.54, 1.807) is 44.2 Å². The van der Waals surface area contributed by atoms with Crippen molar-refractivity contribution in [1.29, 1.82) is 0 Å². The van der Waals surface area contributed by atoms with Crippen molar-refractivity contribution in [3.8, 4) is 0 Å². The highest BCUT2D eigenvalue weighted by Gasteiger charge is 2.38. The summed E-state index contributed by atoms with van der Waals surface area (Å²) in [5, 5.41) is 39.5. The quantitative estimate of drug-likeness (QED) is 0.0376. The summed E-state index contributed by atoms with van der Waals surface area (Å²) in [6, 6.07) is 0.253. The number of unbranched alkanes of at least 4 members (excludes halogenated alkanes) is 4. The molecular formula is C58H98N12O13. The number of hydrogen-bond donors (Lipinski definition) is 14. The highest BCUT2D eigenvalue weighted by molar-refractivity contribution is 5.99. The predicted octanol–water partition coefficient (Wildman–Crippen LogP) is -1.52. The van der Waals surface area contributed by atoms with Gasteiger partial charge in [-0.25, -0.2) is 0 Å². The fourth-order valence-electron chi connectivity index (χ4n) is 9.86. The Morgan fingerprint density at radius 2 is 1.19 bits per heavy atom. The van der Waals surface area contributed by atoms with Gasteiger partial charge in [0.25, 0.3) is 0 Å². The number of carbonyl (C=O) groups excluding carboxylic acids is 11. The lowest BCUT2D eigenvalue weighted by Crippen LogP contribution is -2.56. The third kappa shape index (κ3) is 26.2. The summed E-state index contributed by atoms with van der Waals surface area (Å²) in [5.74, 6) is -12.8. The molecule has 1 aliphatic heterocycles. The number of amides is 7. The largest absolute Gasteiger partial charge is 0.394 e. The van der Waals surface area contributed by atoms with Gasteiger partial charge in [0.15, 0.2) is 17.3 Å². The zero-order valence-corrected chi connectivity index (χ0v) is 49.3. The van der Waals surface area contributed by atoms with E-state index in [9.17, 15) is 63.0 Å². The van der Waals surface area contributed by atoms with Gasteiger partial charge in [0, 0.05) is 62.3 Å². The molecule has 1 fully saturated rings. The van der Waals surface area contributed by atoms with E-state index in [2.05, 4.69) is 44.1 Å². The Balaban J connectivity index is 2.66. The molecule has 0 unspecified atom stereocenters. The Kier molecular flexibility index (Phi) is 35.4. The lowest BCUT2D eigenvalue weighted by Gasteiger charge is -2.29. The second kappa shape index (κ2) is 40.2. The SMILES string of the molecule is CCCCCCCC(=O)C[C@@H](CCN)C(=O)N[C@@H](CO)C(=O)C[C@@H](CCN)C(=O)N[C@H]1CCNC(=O)[C@H]([C@@H](C)O)NC(=O)[C@H](CCN)CC(=O)[C@H](CCN)NC(=O)[C@H]([C@@H](C)CC)NC(=O)[C@@H](Cc2ccccc2)CC(=O)[C@H](CCN)NC1=O. The molecule has 19 N–H and O–H groups in total. The Hall–Kier alpha value is -6.09. The van der Waals surface area contributed by atoms with E-state index in [0.717, 1.165) is 25.7 Å². The molecule has 1 aromatic carbocycles. The molecule has 1 aliphatic rings. The van der Waals surface area contributed by atoms with Gasteiger partial charge >= 0.3 is 0 Å². The number of Topliss-reactive ketones (excluding diaryl/α,β-unsaturated/α-hetero) is 4. The van der Waals surface area contributed by atoms with Crippen LogP contribution in [-0.4, -0.2) is 163 Å². The van der Waals surface area contributed by atoms with Gasteiger partial charge in [0.05, 0.1) is 24.8 Å². The maximum Gasteiger partial charge on any atom is 0.245 e. The van der Waals surface area contributed by atoms with E-state index >= 15 is 0 Å². The second-order valence-corrected chi connectivity index (χ2v) is 21.9. The van der Waals surface area contributed by atoms with E-state index in [0.29, 0.717) is 18.4 Å².